The van der Waals surface area contributed by atoms with Crippen molar-refractivity contribution in [3.63, 3.8) is 0 Å². The van der Waals surface area contributed by atoms with Gasteiger partial charge in [0.25, 0.3) is 0 Å². The van der Waals surface area contributed by atoms with Crippen molar-refractivity contribution in [3.8, 4) is 0 Å². The van der Waals surface area contributed by atoms with Gasteiger partial charge in [0.2, 0.25) is 5.91 Å². The Bertz CT molecular complexity index is 436. The lowest BCUT2D eigenvalue weighted by Gasteiger charge is -2.26. The number of morpholine rings is 1. The van der Waals surface area contributed by atoms with Gasteiger partial charge in [-0.05, 0) is 24.3 Å². The van der Waals surface area contributed by atoms with E-state index in [0.29, 0.717) is 13.0 Å². The van der Waals surface area contributed by atoms with Crippen LogP contribution in [0, 0.1) is 0 Å². The Morgan fingerprint density at radius 2 is 2.00 bits per heavy atom. The molecule has 21 heavy (non-hydrogen) atoms. The lowest BCUT2D eigenvalue weighted by atomic mass is 10.3. The Morgan fingerprint density at radius 1 is 1.29 bits per heavy atom. The molecule has 1 N–H and O–H groups in total. The quantitative estimate of drug-likeness (QED) is 0.616. The fraction of sp³-hybridized carbons (Fsp3) is 0.533. The minimum Gasteiger partial charge on any atom is -0.379 e. The molecule has 1 aromatic carbocycles. The Labute approximate surface area is 135 Å². The van der Waals surface area contributed by atoms with Gasteiger partial charge in [0, 0.05) is 48.3 Å². The van der Waals surface area contributed by atoms with Crippen LogP contribution >= 0.6 is 23.4 Å². The summed E-state index contributed by atoms with van der Waals surface area (Å²) in [6, 6.07) is 7.75. The van der Waals surface area contributed by atoms with Crippen molar-refractivity contribution in [1.29, 1.82) is 0 Å². The van der Waals surface area contributed by atoms with E-state index >= 15 is 0 Å². The van der Waals surface area contributed by atoms with Gasteiger partial charge in [-0.15, -0.1) is 11.8 Å². The summed E-state index contributed by atoms with van der Waals surface area (Å²) in [5.41, 5.74) is 0. The van der Waals surface area contributed by atoms with Crippen LogP contribution in [0.4, 0.5) is 0 Å². The highest BCUT2D eigenvalue weighted by Gasteiger charge is 2.11. The summed E-state index contributed by atoms with van der Waals surface area (Å²) in [7, 11) is 0. The first-order valence-electron chi connectivity index (χ1n) is 7.19. The van der Waals surface area contributed by atoms with E-state index in [1.807, 2.05) is 24.3 Å². The molecule has 1 amide bonds. The van der Waals surface area contributed by atoms with Crippen molar-refractivity contribution in [2.24, 2.45) is 0 Å². The van der Waals surface area contributed by atoms with Crippen LogP contribution in [0.25, 0.3) is 0 Å². The SMILES string of the molecule is O=C(CCN1CCOCC1)NCCSc1ccc(Cl)cc1. The number of halogens is 1. The van der Waals surface area contributed by atoms with Gasteiger partial charge in [0.05, 0.1) is 13.2 Å². The molecule has 0 aliphatic carbocycles. The number of amides is 1. The number of nitrogens with zero attached hydrogens (tertiary/aromatic N) is 1. The van der Waals surface area contributed by atoms with Crippen LogP contribution < -0.4 is 5.32 Å². The summed E-state index contributed by atoms with van der Waals surface area (Å²) in [5, 5.41) is 3.71. The number of nitrogens with one attached hydrogen (secondary N) is 1. The third-order valence-electron chi connectivity index (χ3n) is 3.27. The molecule has 1 aromatic rings. The predicted molar refractivity (Wildman–Crippen MR) is 87.1 cm³/mol. The molecule has 0 atom stereocenters. The molecule has 116 valence electrons. The molecular formula is C15H21ClN2O2S. The largest absolute Gasteiger partial charge is 0.379 e. The van der Waals surface area contributed by atoms with E-state index in [2.05, 4.69) is 10.2 Å². The predicted octanol–water partition coefficient (Wildman–Crippen LogP) is 2.27. The Balaban J connectivity index is 1.53. The number of rotatable bonds is 7. The molecule has 1 heterocycles. The number of hydrogen-bond donors (Lipinski definition) is 1. The molecule has 0 unspecified atom stereocenters. The molecule has 1 saturated heterocycles. The van der Waals surface area contributed by atoms with Crippen LogP contribution in [0.5, 0.6) is 0 Å². The highest BCUT2D eigenvalue weighted by molar-refractivity contribution is 7.99. The molecule has 1 fully saturated rings. The van der Waals surface area contributed by atoms with Crippen LogP contribution in [0.15, 0.2) is 29.2 Å². The summed E-state index contributed by atoms with van der Waals surface area (Å²) >= 11 is 7.55. The second-order valence-corrected chi connectivity index (χ2v) is 6.46. The van der Waals surface area contributed by atoms with Gasteiger partial charge in [-0.1, -0.05) is 11.6 Å². The number of carbonyl (C=O) groups is 1. The maximum absolute atomic E-state index is 11.7. The van der Waals surface area contributed by atoms with E-state index in [9.17, 15) is 4.79 Å². The molecule has 0 spiro atoms. The fourth-order valence-electron chi connectivity index (χ4n) is 2.06. The van der Waals surface area contributed by atoms with E-state index in [4.69, 9.17) is 16.3 Å². The van der Waals surface area contributed by atoms with Gasteiger partial charge in [-0.25, -0.2) is 0 Å². The maximum atomic E-state index is 11.7. The minimum absolute atomic E-state index is 0.123. The van der Waals surface area contributed by atoms with Crippen molar-refractivity contribution in [1.82, 2.24) is 10.2 Å². The van der Waals surface area contributed by atoms with Crippen molar-refractivity contribution < 1.29 is 9.53 Å². The standard InChI is InChI=1S/C15H21ClN2O2S/c16-13-1-3-14(4-2-13)21-12-6-17-15(19)5-7-18-8-10-20-11-9-18/h1-4H,5-12H2,(H,17,19). The van der Waals surface area contributed by atoms with Gasteiger partial charge in [0.1, 0.15) is 0 Å². The molecule has 0 aromatic heterocycles. The van der Waals surface area contributed by atoms with Gasteiger partial charge < -0.3 is 10.1 Å². The number of hydrogen-bond acceptors (Lipinski definition) is 4. The summed E-state index contributed by atoms with van der Waals surface area (Å²) in [6.07, 6.45) is 0.561. The molecule has 0 radical (unpaired) electrons. The third kappa shape index (κ3) is 6.70. The highest BCUT2D eigenvalue weighted by Crippen LogP contribution is 2.19. The fourth-order valence-corrected chi connectivity index (χ4v) is 2.96. The van der Waals surface area contributed by atoms with Crippen molar-refractivity contribution >= 4 is 29.3 Å². The first-order chi connectivity index (χ1) is 10.2. The van der Waals surface area contributed by atoms with Gasteiger partial charge in [-0.3, -0.25) is 9.69 Å². The first-order valence-corrected chi connectivity index (χ1v) is 8.55. The molecule has 0 saturated carbocycles. The summed E-state index contributed by atoms with van der Waals surface area (Å²) in [4.78, 5) is 15.2. The maximum Gasteiger partial charge on any atom is 0.221 e. The van der Waals surface area contributed by atoms with Crippen molar-refractivity contribution in [3.05, 3.63) is 29.3 Å². The third-order valence-corrected chi connectivity index (χ3v) is 4.53. The van der Waals surface area contributed by atoms with Crippen molar-refractivity contribution in [2.75, 3.05) is 45.1 Å². The summed E-state index contributed by atoms with van der Waals surface area (Å²) < 4.78 is 5.28. The normalized spacial score (nSPS) is 15.9. The van der Waals surface area contributed by atoms with Gasteiger partial charge in [-0.2, -0.15) is 0 Å². The van der Waals surface area contributed by atoms with Gasteiger partial charge >= 0.3 is 0 Å². The number of carbonyl (C=O) groups excluding carboxylic acids is 1. The lowest BCUT2D eigenvalue weighted by molar-refractivity contribution is -0.121. The lowest BCUT2D eigenvalue weighted by Crippen LogP contribution is -2.39. The molecule has 1 aliphatic heterocycles. The van der Waals surface area contributed by atoms with E-state index in [0.717, 1.165) is 43.6 Å². The molecule has 0 bridgehead atoms. The number of benzene rings is 1. The van der Waals surface area contributed by atoms with Crippen LogP contribution in [0.2, 0.25) is 5.02 Å². The molecule has 6 heteroatoms. The summed E-state index contributed by atoms with van der Waals surface area (Å²) in [5.74, 6) is 0.989. The van der Waals surface area contributed by atoms with Gasteiger partial charge in [0.15, 0.2) is 0 Å². The molecule has 2 rings (SSSR count). The van der Waals surface area contributed by atoms with Crippen LogP contribution in [-0.4, -0.2) is 56.0 Å². The van der Waals surface area contributed by atoms with Crippen molar-refractivity contribution in [2.45, 2.75) is 11.3 Å². The zero-order chi connectivity index (χ0) is 14.9. The van der Waals surface area contributed by atoms with Crippen LogP contribution in [-0.2, 0) is 9.53 Å². The molecule has 1 aliphatic rings. The topological polar surface area (TPSA) is 41.6 Å². The molecule has 4 nitrogen and oxygen atoms in total. The monoisotopic (exact) mass is 328 g/mol. The average Bonchev–Trinajstić information content (AvgIpc) is 2.52. The smallest absolute Gasteiger partial charge is 0.221 e. The second kappa shape index (κ2) is 9.30. The molecular weight excluding hydrogens is 308 g/mol. The Morgan fingerprint density at radius 3 is 2.71 bits per heavy atom. The van der Waals surface area contributed by atoms with Crippen LogP contribution in [0.1, 0.15) is 6.42 Å². The Hall–Kier alpha value is -0.750. The highest BCUT2D eigenvalue weighted by atomic mass is 35.5. The Kier molecular flexibility index (Phi) is 7.36. The van der Waals surface area contributed by atoms with E-state index in [-0.39, 0.29) is 5.91 Å². The van der Waals surface area contributed by atoms with E-state index < -0.39 is 0 Å². The zero-order valence-electron chi connectivity index (χ0n) is 12.0. The second-order valence-electron chi connectivity index (χ2n) is 4.86. The summed E-state index contributed by atoms with van der Waals surface area (Å²) in [6.45, 7) is 4.92. The zero-order valence-corrected chi connectivity index (χ0v) is 13.6. The minimum atomic E-state index is 0.123. The first kappa shape index (κ1) is 16.6. The number of thioether (sulfide) groups is 1. The van der Waals surface area contributed by atoms with E-state index in [1.165, 1.54) is 4.90 Å². The number of ether oxygens (including phenoxy) is 1. The average molecular weight is 329 g/mol. The van der Waals surface area contributed by atoms with E-state index in [1.54, 1.807) is 11.8 Å². The van der Waals surface area contributed by atoms with Crippen LogP contribution in [0.3, 0.4) is 0 Å².